The molecule has 1 fully saturated rings. The Morgan fingerprint density at radius 1 is 0.882 bits per heavy atom. The minimum atomic E-state index is 0.0943. The van der Waals surface area contributed by atoms with Crippen LogP contribution in [0.15, 0.2) is 72.8 Å². The standard InChI is InChI=1S/C28H27Cl2N3O/c29-24-11-8-23(26(30)19-24)20-31-14-4-15-32(18-17-31)28(34)22-9-12-25(13-10-22)33-16-3-6-21-5-1-2-7-27(21)33/h1-3,5-13,19H,4,14-18,20H2. The summed E-state index contributed by atoms with van der Waals surface area (Å²) < 4.78 is 0. The molecular formula is C28H27Cl2N3O. The third-order valence-electron chi connectivity index (χ3n) is 6.52. The van der Waals surface area contributed by atoms with E-state index in [9.17, 15) is 4.79 Å². The van der Waals surface area contributed by atoms with Crippen molar-refractivity contribution in [2.75, 3.05) is 37.6 Å². The SMILES string of the molecule is O=C(c1ccc(N2CC=Cc3ccccc32)cc1)N1CCCN(Cc2ccc(Cl)cc2Cl)CC1. The van der Waals surface area contributed by atoms with Crippen molar-refractivity contribution in [3.63, 3.8) is 0 Å². The van der Waals surface area contributed by atoms with Crippen LogP contribution in [-0.2, 0) is 6.54 Å². The number of nitrogens with zero attached hydrogens (tertiary/aromatic N) is 3. The topological polar surface area (TPSA) is 26.8 Å². The molecule has 1 saturated heterocycles. The quantitative estimate of drug-likeness (QED) is 0.416. The van der Waals surface area contributed by atoms with E-state index in [1.54, 1.807) is 6.07 Å². The van der Waals surface area contributed by atoms with Gasteiger partial charge in [-0.3, -0.25) is 9.69 Å². The predicted octanol–water partition coefficient (Wildman–Crippen LogP) is 6.51. The highest BCUT2D eigenvalue weighted by Gasteiger charge is 2.22. The van der Waals surface area contributed by atoms with Gasteiger partial charge in [-0.1, -0.05) is 59.6 Å². The molecule has 4 nitrogen and oxygen atoms in total. The molecule has 5 rings (SSSR count). The first kappa shape index (κ1) is 23.0. The number of anilines is 2. The molecule has 0 aromatic heterocycles. The van der Waals surface area contributed by atoms with Crippen LogP contribution in [0.3, 0.4) is 0 Å². The molecule has 2 aliphatic rings. The van der Waals surface area contributed by atoms with E-state index in [0.717, 1.165) is 56.0 Å². The zero-order chi connectivity index (χ0) is 23.5. The van der Waals surface area contributed by atoms with Crippen LogP contribution in [0.4, 0.5) is 11.4 Å². The molecule has 0 spiro atoms. The molecular weight excluding hydrogens is 465 g/mol. The Kier molecular flexibility index (Phi) is 6.91. The zero-order valence-corrected chi connectivity index (χ0v) is 20.5. The Bertz CT molecular complexity index is 1210. The highest BCUT2D eigenvalue weighted by Crippen LogP contribution is 2.32. The molecule has 174 valence electrons. The summed E-state index contributed by atoms with van der Waals surface area (Å²) in [5.74, 6) is 0.0943. The molecule has 0 N–H and O–H groups in total. The molecule has 34 heavy (non-hydrogen) atoms. The molecule has 3 aromatic rings. The fourth-order valence-electron chi connectivity index (χ4n) is 4.69. The van der Waals surface area contributed by atoms with Gasteiger partial charge in [0.25, 0.3) is 5.91 Å². The average molecular weight is 492 g/mol. The Morgan fingerprint density at radius 3 is 2.53 bits per heavy atom. The summed E-state index contributed by atoms with van der Waals surface area (Å²) in [6.07, 6.45) is 5.26. The molecule has 0 radical (unpaired) electrons. The summed E-state index contributed by atoms with van der Waals surface area (Å²) in [6, 6.07) is 22.0. The zero-order valence-electron chi connectivity index (χ0n) is 19.0. The second-order valence-electron chi connectivity index (χ2n) is 8.78. The average Bonchev–Trinajstić information content (AvgIpc) is 3.11. The minimum absolute atomic E-state index is 0.0943. The van der Waals surface area contributed by atoms with E-state index in [2.05, 4.69) is 58.4 Å². The highest BCUT2D eigenvalue weighted by molar-refractivity contribution is 6.35. The summed E-state index contributed by atoms with van der Waals surface area (Å²) in [6.45, 7) is 4.80. The van der Waals surface area contributed by atoms with Crippen LogP contribution in [0.1, 0.15) is 27.9 Å². The molecule has 0 unspecified atom stereocenters. The highest BCUT2D eigenvalue weighted by atomic mass is 35.5. The smallest absolute Gasteiger partial charge is 0.253 e. The number of benzene rings is 3. The van der Waals surface area contributed by atoms with Crippen LogP contribution in [-0.4, -0.2) is 48.4 Å². The number of hydrogen-bond donors (Lipinski definition) is 0. The lowest BCUT2D eigenvalue weighted by Crippen LogP contribution is -2.35. The second-order valence-corrected chi connectivity index (χ2v) is 9.62. The van der Waals surface area contributed by atoms with E-state index in [-0.39, 0.29) is 5.91 Å². The van der Waals surface area contributed by atoms with Gasteiger partial charge in [-0.25, -0.2) is 0 Å². The minimum Gasteiger partial charge on any atom is -0.337 e. The van der Waals surface area contributed by atoms with Crippen LogP contribution in [0.25, 0.3) is 6.08 Å². The van der Waals surface area contributed by atoms with Crippen molar-refractivity contribution in [3.8, 4) is 0 Å². The normalized spacial score (nSPS) is 16.3. The lowest BCUT2D eigenvalue weighted by atomic mass is 10.1. The van der Waals surface area contributed by atoms with E-state index in [0.29, 0.717) is 16.6 Å². The van der Waals surface area contributed by atoms with Crippen molar-refractivity contribution in [3.05, 3.63) is 99.5 Å². The summed E-state index contributed by atoms with van der Waals surface area (Å²) in [5.41, 5.74) is 5.30. The Labute approximate surface area is 211 Å². The maximum atomic E-state index is 13.2. The van der Waals surface area contributed by atoms with E-state index in [1.165, 1.54) is 11.3 Å². The summed E-state index contributed by atoms with van der Waals surface area (Å²) in [7, 11) is 0. The number of carbonyl (C=O) groups excluding carboxylic acids is 1. The lowest BCUT2D eigenvalue weighted by Gasteiger charge is -2.28. The van der Waals surface area contributed by atoms with E-state index < -0.39 is 0 Å². The molecule has 1 amide bonds. The molecule has 0 saturated carbocycles. The Hall–Kier alpha value is -2.79. The van der Waals surface area contributed by atoms with Crippen LogP contribution >= 0.6 is 23.2 Å². The first-order valence-corrected chi connectivity index (χ1v) is 12.4. The van der Waals surface area contributed by atoms with E-state index in [1.807, 2.05) is 29.2 Å². The maximum absolute atomic E-state index is 13.2. The molecule has 2 aliphatic heterocycles. The lowest BCUT2D eigenvalue weighted by molar-refractivity contribution is 0.0761. The van der Waals surface area contributed by atoms with Gasteiger partial charge in [-0.2, -0.15) is 0 Å². The Balaban J connectivity index is 1.23. The maximum Gasteiger partial charge on any atom is 0.253 e. The molecule has 6 heteroatoms. The van der Waals surface area contributed by atoms with Gasteiger partial charge in [-0.05, 0) is 60.0 Å². The van der Waals surface area contributed by atoms with Crippen LogP contribution in [0.2, 0.25) is 10.0 Å². The largest absolute Gasteiger partial charge is 0.337 e. The van der Waals surface area contributed by atoms with Crippen LogP contribution in [0.5, 0.6) is 0 Å². The summed E-state index contributed by atoms with van der Waals surface area (Å²) in [5, 5.41) is 1.34. The van der Waals surface area contributed by atoms with Gasteiger partial charge in [0.15, 0.2) is 0 Å². The molecule has 0 atom stereocenters. The van der Waals surface area contributed by atoms with Crippen molar-refractivity contribution in [2.24, 2.45) is 0 Å². The number of carbonyl (C=O) groups is 1. The van der Waals surface area contributed by atoms with E-state index in [4.69, 9.17) is 23.2 Å². The first-order chi connectivity index (χ1) is 16.6. The molecule has 0 aliphatic carbocycles. The van der Waals surface area contributed by atoms with Gasteiger partial charge >= 0.3 is 0 Å². The van der Waals surface area contributed by atoms with Gasteiger partial charge in [-0.15, -0.1) is 0 Å². The summed E-state index contributed by atoms with van der Waals surface area (Å²) >= 11 is 12.4. The van der Waals surface area contributed by atoms with Gasteiger partial charge in [0.2, 0.25) is 0 Å². The van der Waals surface area contributed by atoms with Crippen molar-refractivity contribution in [1.29, 1.82) is 0 Å². The Morgan fingerprint density at radius 2 is 1.71 bits per heavy atom. The fraction of sp³-hybridized carbons (Fsp3) is 0.250. The number of fused-ring (bicyclic) bond motifs is 1. The third kappa shape index (κ3) is 5.00. The number of hydrogen-bond acceptors (Lipinski definition) is 3. The van der Waals surface area contributed by atoms with E-state index >= 15 is 0 Å². The third-order valence-corrected chi connectivity index (χ3v) is 7.11. The van der Waals surface area contributed by atoms with Crippen LogP contribution in [0, 0.1) is 0 Å². The summed E-state index contributed by atoms with van der Waals surface area (Å²) in [4.78, 5) is 19.8. The van der Waals surface area contributed by atoms with Gasteiger partial charge in [0.1, 0.15) is 0 Å². The van der Waals surface area contributed by atoms with Crippen molar-refractivity contribution in [1.82, 2.24) is 9.80 Å². The molecule has 0 bridgehead atoms. The van der Waals surface area contributed by atoms with Crippen LogP contribution < -0.4 is 4.90 Å². The van der Waals surface area contributed by atoms with Crippen molar-refractivity contribution in [2.45, 2.75) is 13.0 Å². The predicted molar refractivity (Wildman–Crippen MR) is 141 cm³/mol. The number of halogens is 2. The van der Waals surface area contributed by atoms with Gasteiger partial charge < -0.3 is 9.80 Å². The second kappa shape index (κ2) is 10.2. The van der Waals surface area contributed by atoms with Gasteiger partial charge in [0.05, 0.1) is 0 Å². The molecule has 3 aromatic carbocycles. The van der Waals surface area contributed by atoms with Crippen molar-refractivity contribution >= 4 is 46.6 Å². The molecule has 2 heterocycles. The first-order valence-electron chi connectivity index (χ1n) is 11.7. The van der Waals surface area contributed by atoms with Gasteiger partial charge in [0, 0.05) is 66.3 Å². The monoisotopic (exact) mass is 491 g/mol. The number of amides is 1. The number of rotatable bonds is 4. The van der Waals surface area contributed by atoms with Crippen molar-refractivity contribution < 1.29 is 4.79 Å². The number of para-hydroxylation sites is 1. The fourth-order valence-corrected chi connectivity index (χ4v) is 5.16.